The first kappa shape index (κ1) is 14.3. The van der Waals surface area contributed by atoms with Crippen molar-refractivity contribution in [1.29, 1.82) is 0 Å². The van der Waals surface area contributed by atoms with Gasteiger partial charge in [-0.2, -0.15) is 0 Å². The van der Waals surface area contributed by atoms with Crippen LogP contribution in [0.15, 0.2) is 53.4 Å². The van der Waals surface area contributed by atoms with Gasteiger partial charge in [0, 0.05) is 10.6 Å². The number of methoxy groups -OCH3 is 1. The summed E-state index contributed by atoms with van der Waals surface area (Å²) in [6.45, 7) is 0. The van der Waals surface area contributed by atoms with Gasteiger partial charge < -0.3 is 9.47 Å². The molecule has 4 nitrogen and oxygen atoms in total. The van der Waals surface area contributed by atoms with E-state index < -0.39 is 6.09 Å². The molecule has 0 spiro atoms. The Kier molecular flexibility index (Phi) is 4.90. The van der Waals surface area contributed by atoms with Crippen LogP contribution in [-0.4, -0.2) is 19.5 Å². The van der Waals surface area contributed by atoms with Crippen LogP contribution in [0.5, 0.6) is 11.5 Å². The van der Waals surface area contributed by atoms with Gasteiger partial charge in [-0.15, -0.1) is 11.8 Å². The van der Waals surface area contributed by atoms with Crippen molar-refractivity contribution in [1.82, 2.24) is 0 Å². The average molecular weight is 289 g/mol. The van der Waals surface area contributed by atoms with Crippen LogP contribution in [0.1, 0.15) is 0 Å². The molecule has 0 aliphatic rings. The number of hydrogen-bond donors (Lipinski definition) is 1. The minimum Gasteiger partial charge on any atom is -0.497 e. The minimum atomic E-state index is -0.521. The molecule has 104 valence electrons. The minimum absolute atomic E-state index is 0.462. The molecule has 0 heterocycles. The third-order valence-electron chi connectivity index (χ3n) is 2.61. The molecule has 0 aliphatic carbocycles. The molecular formula is C15H15NO3S. The van der Waals surface area contributed by atoms with Crippen LogP contribution in [-0.2, 0) is 0 Å². The molecule has 0 aliphatic heterocycles. The smallest absolute Gasteiger partial charge is 0.417 e. The first-order chi connectivity index (χ1) is 9.71. The molecule has 0 fully saturated rings. The predicted molar refractivity (Wildman–Crippen MR) is 80.9 cm³/mol. The second-order valence-electron chi connectivity index (χ2n) is 3.92. The zero-order chi connectivity index (χ0) is 14.4. The molecule has 1 N–H and O–H groups in total. The van der Waals surface area contributed by atoms with Crippen molar-refractivity contribution in [3.63, 3.8) is 0 Å². The van der Waals surface area contributed by atoms with E-state index in [1.807, 2.05) is 30.5 Å². The maximum Gasteiger partial charge on any atom is 0.417 e. The number of anilines is 1. The van der Waals surface area contributed by atoms with E-state index >= 15 is 0 Å². The molecule has 0 unspecified atom stereocenters. The monoisotopic (exact) mass is 289 g/mol. The predicted octanol–water partition coefficient (Wildman–Crippen LogP) is 4.03. The van der Waals surface area contributed by atoms with E-state index in [4.69, 9.17) is 9.47 Å². The van der Waals surface area contributed by atoms with Crippen molar-refractivity contribution < 1.29 is 14.3 Å². The van der Waals surface area contributed by atoms with Gasteiger partial charge in [0.1, 0.15) is 11.5 Å². The Morgan fingerprint density at radius 2 is 1.60 bits per heavy atom. The van der Waals surface area contributed by atoms with Crippen LogP contribution in [0.4, 0.5) is 10.5 Å². The molecule has 0 saturated carbocycles. The van der Waals surface area contributed by atoms with Crippen molar-refractivity contribution >= 4 is 23.5 Å². The molecule has 2 rings (SSSR count). The molecule has 2 aromatic carbocycles. The van der Waals surface area contributed by atoms with E-state index in [1.165, 1.54) is 0 Å². The summed E-state index contributed by atoms with van der Waals surface area (Å²) in [4.78, 5) is 12.9. The number of ether oxygens (including phenoxy) is 2. The highest BCUT2D eigenvalue weighted by molar-refractivity contribution is 7.98. The molecule has 5 heteroatoms. The summed E-state index contributed by atoms with van der Waals surface area (Å²) >= 11 is 1.65. The average Bonchev–Trinajstić information content (AvgIpc) is 2.49. The zero-order valence-corrected chi connectivity index (χ0v) is 12.1. The summed E-state index contributed by atoms with van der Waals surface area (Å²) in [5.74, 6) is 1.18. The van der Waals surface area contributed by atoms with Gasteiger partial charge in [-0.05, 0) is 54.8 Å². The number of carbonyl (C=O) groups is 1. The summed E-state index contributed by atoms with van der Waals surface area (Å²) in [5, 5.41) is 2.67. The van der Waals surface area contributed by atoms with E-state index in [1.54, 1.807) is 43.1 Å². The SMILES string of the molecule is COc1ccc(OC(=O)Nc2ccc(SC)cc2)cc1. The highest BCUT2D eigenvalue weighted by Crippen LogP contribution is 2.19. The Labute approximate surface area is 122 Å². The number of nitrogens with one attached hydrogen (secondary N) is 1. The Balaban J connectivity index is 1.93. The topological polar surface area (TPSA) is 47.6 Å². The number of hydrogen-bond acceptors (Lipinski definition) is 4. The molecule has 0 bridgehead atoms. The van der Waals surface area contributed by atoms with E-state index in [0.29, 0.717) is 17.2 Å². The van der Waals surface area contributed by atoms with Crippen LogP contribution in [0.25, 0.3) is 0 Å². The Bertz CT molecular complexity index is 515. The normalized spacial score (nSPS) is 9.90. The van der Waals surface area contributed by atoms with Gasteiger partial charge in [-0.25, -0.2) is 4.79 Å². The number of carbonyl (C=O) groups excluding carboxylic acids is 1. The van der Waals surface area contributed by atoms with E-state index in [2.05, 4.69) is 5.32 Å². The summed E-state index contributed by atoms with van der Waals surface area (Å²) < 4.78 is 10.2. The maximum absolute atomic E-state index is 11.7. The quantitative estimate of drug-likeness (QED) is 0.863. The zero-order valence-electron chi connectivity index (χ0n) is 11.3. The van der Waals surface area contributed by atoms with Crippen LogP contribution >= 0.6 is 11.8 Å². The lowest BCUT2D eigenvalue weighted by molar-refractivity contribution is 0.215. The fourth-order valence-electron chi connectivity index (χ4n) is 1.57. The van der Waals surface area contributed by atoms with Gasteiger partial charge in [0.05, 0.1) is 7.11 Å². The summed E-state index contributed by atoms with van der Waals surface area (Å²) in [6.07, 6.45) is 1.48. The first-order valence-corrected chi connectivity index (χ1v) is 7.20. The van der Waals surface area contributed by atoms with Gasteiger partial charge in [-0.3, -0.25) is 5.32 Å². The number of thioether (sulfide) groups is 1. The molecule has 2 aromatic rings. The van der Waals surface area contributed by atoms with Gasteiger partial charge in [0.2, 0.25) is 0 Å². The number of benzene rings is 2. The van der Waals surface area contributed by atoms with Crippen LogP contribution in [0.3, 0.4) is 0 Å². The second-order valence-corrected chi connectivity index (χ2v) is 4.80. The third-order valence-corrected chi connectivity index (χ3v) is 3.35. The van der Waals surface area contributed by atoms with Crippen molar-refractivity contribution in [2.75, 3.05) is 18.7 Å². The molecule has 0 saturated heterocycles. The standard InChI is InChI=1S/C15H15NO3S/c1-18-12-5-7-13(8-6-12)19-15(17)16-11-3-9-14(20-2)10-4-11/h3-10H,1-2H3,(H,16,17). The van der Waals surface area contributed by atoms with E-state index in [0.717, 1.165) is 4.90 Å². The van der Waals surface area contributed by atoms with Crippen molar-refractivity contribution in [2.24, 2.45) is 0 Å². The molecule has 0 atom stereocenters. The third kappa shape index (κ3) is 3.93. The molecule has 20 heavy (non-hydrogen) atoms. The Morgan fingerprint density at radius 1 is 1.00 bits per heavy atom. The molecule has 0 aromatic heterocycles. The van der Waals surface area contributed by atoms with Crippen LogP contribution < -0.4 is 14.8 Å². The van der Waals surface area contributed by atoms with E-state index in [9.17, 15) is 4.79 Å². The van der Waals surface area contributed by atoms with Gasteiger partial charge in [0.25, 0.3) is 0 Å². The summed E-state index contributed by atoms with van der Waals surface area (Å²) in [7, 11) is 1.58. The molecular weight excluding hydrogens is 274 g/mol. The lowest BCUT2D eigenvalue weighted by Crippen LogP contribution is -2.16. The lowest BCUT2D eigenvalue weighted by atomic mass is 10.3. The van der Waals surface area contributed by atoms with E-state index in [-0.39, 0.29) is 0 Å². The highest BCUT2D eigenvalue weighted by Gasteiger charge is 2.05. The van der Waals surface area contributed by atoms with Crippen molar-refractivity contribution in [3.05, 3.63) is 48.5 Å². The number of amides is 1. The first-order valence-electron chi connectivity index (χ1n) is 5.98. The van der Waals surface area contributed by atoms with Crippen molar-refractivity contribution in [3.8, 4) is 11.5 Å². The maximum atomic E-state index is 11.7. The lowest BCUT2D eigenvalue weighted by Gasteiger charge is -2.07. The Morgan fingerprint density at radius 3 is 2.15 bits per heavy atom. The van der Waals surface area contributed by atoms with Crippen molar-refractivity contribution in [2.45, 2.75) is 4.90 Å². The largest absolute Gasteiger partial charge is 0.497 e. The van der Waals surface area contributed by atoms with Crippen LogP contribution in [0, 0.1) is 0 Å². The van der Waals surface area contributed by atoms with Gasteiger partial charge in [0.15, 0.2) is 0 Å². The van der Waals surface area contributed by atoms with Gasteiger partial charge in [-0.1, -0.05) is 0 Å². The second kappa shape index (κ2) is 6.86. The highest BCUT2D eigenvalue weighted by atomic mass is 32.2. The number of rotatable bonds is 4. The molecule has 1 amide bonds. The fraction of sp³-hybridized carbons (Fsp3) is 0.133. The summed E-state index contributed by atoms with van der Waals surface area (Å²) in [5.41, 5.74) is 0.696. The Hall–Kier alpha value is -2.14. The molecule has 0 radical (unpaired) electrons. The van der Waals surface area contributed by atoms with Crippen LogP contribution in [0.2, 0.25) is 0 Å². The fourth-order valence-corrected chi connectivity index (χ4v) is 1.98. The van der Waals surface area contributed by atoms with Gasteiger partial charge >= 0.3 is 6.09 Å². The summed E-state index contributed by atoms with van der Waals surface area (Å²) in [6, 6.07) is 14.4.